The first-order valence-corrected chi connectivity index (χ1v) is 9.83. The molecule has 0 aromatic heterocycles. The number of thioether (sulfide) groups is 1. The van der Waals surface area contributed by atoms with Crippen LogP contribution in [-0.4, -0.2) is 25.5 Å². The minimum atomic E-state index is -3.20. The van der Waals surface area contributed by atoms with Crippen LogP contribution in [0, 0.1) is 13.8 Å². The molecule has 0 saturated carbocycles. The second-order valence-corrected chi connectivity index (χ2v) is 8.51. The molecule has 0 aliphatic rings. The highest BCUT2D eigenvalue weighted by Crippen LogP contribution is 2.28. The molecule has 0 spiro atoms. The van der Waals surface area contributed by atoms with Crippen molar-refractivity contribution in [1.82, 2.24) is 0 Å². The van der Waals surface area contributed by atoms with E-state index in [0.717, 1.165) is 10.5 Å². The first-order chi connectivity index (χ1) is 10.3. The van der Waals surface area contributed by atoms with Crippen molar-refractivity contribution in [1.29, 1.82) is 0 Å². The third kappa shape index (κ3) is 4.35. The molecule has 1 atom stereocenters. The number of aryl methyl sites for hydroxylation is 2. The maximum absolute atomic E-state index is 11.4. The van der Waals surface area contributed by atoms with Crippen LogP contribution < -0.4 is 0 Å². The summed E-state index contributed by atoms with van der Waals surface area (Å²) in [6.45, 7) is 4.11. The van der Waals surface area contributed by atoms with Gasteiger partial charge in [-0.1, -0.05) is 29.8 Å². The highest BCUT2D eigenvalue weighted by molar-refractivity contribution is 7.99. The van der Waals surface area contributed by atoms with Crippen molar-refractivity contribution in [2.45, 2.75) is 29.7 Å². The summed E-state index contributed by atoms with van der Waals surface area (Å²) in [6.07, 6.45) is 0.549. The fourth-order valence-corrected chi connectivity index (χ4v) is 3.77. The van der Waals surface area contributed by atoms with Gasteiger partial charge in [0.05, 0.1) is 11.0 Å². The summed E-state index contributed by atoms with van der Waals surface area (Å²) >= 11 is 1.60. The second kappa shape index (κ2) is 6.86. The molecule has 0 fully saturated rings. The van der Waals surface area contributed by atoms with Crippen molar-refractivity contribution in [3.8, 4) is 0 Å². The topological polar surface area (TPSA) is 54.4 Å². The van der Waals surface area contributed by atoms with E-state index >= 15 is 0 Å². The van der Waals surface area contributed by atoms with E-state index in [0.29, 0.717) is 5.75 Å². The zero-order chi connectivity index (χ0) is 16.3. The molecule has 5 heteroatoms. The quantitative estimate of drug-likeness (QED) is 0.849. The molecule has 0 heterocycles. The number of hydrogen-bond acceptors (Lipinski definition) is 4. The molecule has 1 unspecified atom stereocenters. The summed E-state index contributed by atoms with van der Waals surface area (Å²) in [7, 11) is -3.20. The fourth-order valence-electron chi connectivity index (χ4n) is 2.16. The van der Waals surface area contributed by atoms with Crippen LogP contribution in [0.1, 0.15) is 22.8 Å². The summed E-state index contributed by atoms with van der Waals surface area (Å²) < 4.78 is 22.8. The fraction of sp³-hybridized carbons (Fsp3) is 0.294. The lowest BCUT2D eigenvalue weighted by molar-refractivity contribution is 0.204. The molecule has 0 bridgehead atoms. The normalized spacial score (nSPS) is 13.1. The Hall–Kier alpha value is -1.30. The lowest BCUT2D eigenvalue weighted by Gasteiger charge is -2.12. The van der Waals surface area contributed by atoms with E-state index in [9.17, 15) is 13.5 Å². The van der Waals surface area contributed by atoms with Crippen LogP contribution in [0.25, 0.3) is 0 Å². The van der Waals surface area contributed by atoms with Gasteiger partial charge in [-0.15, -0.1) is 11.8 Å². The highest BCUT2D eigenvalue weighted by Gasteiger charge is 2.12. The smallest absolute Gasteiger partial charge is 0.175 e. The van der Waals surface area contributed by atoms with Crippen LogP contribution in [0.15, 0.2) is 52.3 Å². The van der Waals surface area contributed by atoms with Crippen molar-refractivity contribution in [3.63, 3.8) is 0 Å². The molecule has 0 amide bonds. The van der Waals surface area contributed by atoms with Gasteiger partial charge in [0.2, 0.25) is 0 Å². The molecular formula is C17H20O3S2. The summed E-state index contributed by atoms with van der Waals surface area (Å²) in [5.41, 5.74) is 3.15. The number of sulfone groups is 1. The van der Waals surface area contributed by atoms with Gasteiger partial charge >= 0.3 is 0 Å². The Morgan fingerprint density at radius 2 is 1.73 bits per heavy atom. The van der Waals surface area contributed by atoms with Crippen molar-refractivity contribution in [2.24, 2.45) is 0 Å². The number of aliphatic hydroxyl groups is 1. The predicted molar refractivity (Wildman–Crippen MR) is 91.2 cm³/mol. The van der Waals surface area contributed by atoms with E-state index in [-0.39, 0.29) is 4.90 Å². The molecule has 0 aliphatic heterocycles. The van der Waals surface area contributed by atoms with Crippen molar-refractivity contribution in [2.75, 3.05) is 12.0 Å². The van der Waals surface area contributed by atoms with Crippen molar-refractivity contribution in [3.05, 3.63) is 59.2 Å². The Labute approximate surface area is 136 Å². The van der Waals surface area contributed by atoms with Gasteiger partial charge in [-0.3, -0.25) is 0 Å². The summed E-state index contributed by atoms with van der Waals surface area (Å²) in [6, 6.07) is 12.7. The van der Waals surface area contributed by atoms with Crippen molar-refractivity contribution < 1.29 is 13.5 Å². The monoisotopic (exact) mass is 336 g/mol. The number of rotatable bonds is 5. The van der Waals surface area contributed by atoms with E-state index in [1.54, 1.807) is 23.9 Å². The Kier molecular flexibility index (Phi) is 5.32. The van der Waals surface area contributed by atoms with Gasteiger partial charge in [-0.2, -0.15) is 0 Å². The van der Waals surface area contributed by atoms with E-state index in [1.807, 2.05) is 0 Å². The molecule has 118 valence electrons. The maximum Gasteiger partial charge on any atom is 0.175 e. The van der Waals surface area contributed by atoms with Crippen molar-refractivity contribution >= 4 is 21.6 Å². The third-order valence-electron chi connectivity index (χ3n) is 3.42. The Balaban J connectivity index is 2.04. The standard InChI is InChI=1S/C17H20O3S2/c1-12-4-9-17(13(2)10-12)21-11-16(18)14-5-7-15(8-6-14)22(3,19)20/h4-10,16,18H,11H2,1-3H3. The Bertz CT molecular complexity index is 750. The van der Waals surface area contributed by atoms with Crippen LogP contribution in [0.4, 0.5) is 0 Å². The SMILES string of the molecule is Cc1ccc(SCC(O)c2ccc(S(C)(=O)=O)cc2)c(C)c1. The zero-order valence-corrected chi connectivity index (χ0v) is 14.5. The van der Waals surface area contributed by atoms with Crippen LogP contribution in [0.2, 0.25) is 0 Å². The van der Waals surface area contributed by atoms with Gasteiger partial charge in [0.15, 0.2) is 9.84 Å². The largest absolute Gasteiger partial charge is 0.388 e. The van der Waals surface area contributed by atoms with E-state index < -0.39 is 15.9 Å². The Morgan fingerprint density at radius 3 is 2.27 bits per heavy atom. The van der Waals surface area contributed by atoms with Gasteiger partial charge < -0.3 is 5.11 Å². The summed E-state index contributed by atoms with van der Waals surface area (Å²) in [4.78, 5) is 1.42. The van der Waals surface area contributed by atoms with Gasteiger partial charge in [-0.25, -0.2) is 8.42 Å². The lowest BCUT2D eigenvalue weighted by atomic mass is 10.1. The van der Waals surface area contributed by atoms with E-state index in [2.05, 4.69) is 32.0 Å². The Morgan fingerprint density at radius 1 is 1.09 bits per heavy atom. The molecule has 2 rings (SSSR count). The lowest BCUT2D eigenvalue weighted by Crippen LogP contribution is -2.02. The first-order valence-electron chi connectivity index (χ1n) is 6.95. The minimum absolute atomic E-state index is 0.269. The van der Waals surface area contributed by atoms with Gasteiger partial charge in [-0.05, 0) is 43.2 Å². The third-order valence-corrected chi connectivity index (χ3v) is 5.80. The van der Waals surface area contributed by atoms with Crippen LogP contribution in [0.3, 0.4) is 0 Å². The van der Waals surface area contributed by atoms with E-state index in [1.165, 1.54) is 29.5 Å². The molecule has 3 nitrogen and oxygen atoms in total. The average molecular weight is 336 g/mol. The maximum atomic E-state index is 11.4. The highest BCUT2D eigenvalue weighted by atomic mass is 32.2. The number of aliphatic hydroxyl groups excluding tert-OH is 1. The second-order valence-electron chi connectivity index (χ2n) is 5.44. The number of benzene rings is 2. The van der Waals surface area contributed by atoms with Gasteiger partial charge in [0.25, 0.3) is 0 Å². The van der Waals surface area contributed by atoms with Crippen LogP contribution in [-0.2, 0) is 9.84 Å². The zero-order valence-electron chi connectivity index (χ0n) is 12.9. The number of hydrogen-bond donors (Lipinski definition) is 1. The molecule has 2 aromatic carbocycles. The van der Waals surface area contributed by atoms with Crippen LogP contribution >= 0.6 is 11.8 Å². The average Bonchev–Trinajstić information content (AvgIpc) is 2.45. The molecule has 2 aromatic rings. The molecule has 0 saturated heterocycles. The molecule has 0 radical (unpaired) electrons. The first kappa shape index (κ1) is 17.1. The van der Waals surface area contributed by atoms with Gasteiger partial charge in [0.1, 0.15) is 0 Å². The minimum Gasteiger partial charge on any atom is -0.388 e. The van der Waals surface area contributed by atoms with Crippen LogP contribution in [0.5, 0.6) is 0 Å². The molecule has 1 N–H and O–H groups in total. The van der Waals surface area contributed by atoms with E-state index in [4.69, 9.17) is 0 Å². The summed E-state index contributed by atoms with van der Waals surface area (Å²) in [5.74, 6) is 0.530. The molecule has 0 aliphatic carbocycles. The summed E-state index contributed by atoms with van der Waals surface area (Å²) in [5, 5.41) is 10.3. The molecule has 22 heavy (non-hydrogen) atoms. The van der Waals surface area contributed by atoms with Gasteiger partial charge in [0, 0.05) is 16.9 Å². The molecular weight excluding hydrogens is 316 g/mol. The predicted octanol–water partition coefficient (Wildman–Crippen LogP) is 3.53.